The highest BCUT2D eigenvalue weighted by Gasteiger charge is 2.07. The molecule has 0 fully saturated rings. The molecule has 2 aromatic heterocycles. The molecule has 0 atom stereocenters. The van der Waals surface area contributed by atoms with E-state index >= 15 is 0 Å². The summed E-state index contributed by atoms with van der Waals surface area (Å²) in [7, 11) is 1.95. The first-order valence-electron chi connectivity index (χ1n) is 6.31. The number of hydrogen-bond acceptors (Lipinski definition) is 3. The van der Waals surface area contributed by atoms with Gasteiger partial charge in [-0.2, -0.15) is 5.26 Å². The molecule has 18 heavy (non-hydrogen) atoms. The Kier molecular flexibility index (Phi) is 4.32. The van der Waals surface area contributed by atoms with Crippen LogP contribution in [0.5, 0.6) is 0 Å². The number of nitrogens with one attached hydrogen (secondary N) is 1. The average Bonchev–Trinajstić information content (AvgIpc) is 2.74. The normalized spacial score (nSPS) is 10.7. The van der Waals surface area contributed by atoms with Gasteiger partial charge < -0.3 is 9.88 Å². The zero-order chi connectivity index (χ0) is 12.8. The number of fused-ring (bicyclic) bond motifs is 1. The van der Waals surface area contributed by atoms with Crippen molar-refractivity contribution in [3.8, 4) is 6.07 Å². The van der Waals surface area contributed by atoms with E-state index in [0.29, 0.717) is 6.42 Å². The lowest BCUT2D eigenvalue weighted by Gasteiger charge is -2.02. The van der Waals surface area contributed by atoms with Gasteiger partial charge in [-0.25, -0.2) is 4.98 Å². The van der Waals surface area contributed by atoms with Gasteiger partial charge in [0.25, 0.3) is 0 Å². The number of rotatable bonds is 6. The highest BCUT2D eigenvalue weighted by molar-refractivity contribution is 5.80. The van der Waals surface area contributed by atoms with Gasteiger partial charge in [-0.15, -0.1) is 0 Å². The van der Waals surface area contributed by atoms with Crippen molar-refractivity contribution in [3.05, 3.63) is 30.1 Å². The highest BCUT2D eigenvalue weighted by Crippen LogP contribution is 2.19. The van der Waals surface area contributed by atoms with Crippen molar-refractivity contribution in [3.63, 3.8) is 0 Å². The number of nitriles is 1. The van der Waals surface area contributed by atoms with Crippen molar-refractivity contribution in [2.45, 2.75) is 32.4 Å². The molecule has 94 valence electrons. The molecule has 0 aliphatic heterocycles. The van der Waals surface area contributed by atoms with E-state index in [-0.39, 0.29) is 0 Å². The quantitative estimate of drug-likeness (QED) is 0.792. The maximum Gasteiger partial charge on any atom is 0.140 e. The molecule has 0 saturated heterocycles. The third-order valence-corrected chi connectivity index (χ3v) is 3.02. The van der Waals surface area contributed by atoms with Gasteiger partial charge in [0.15, 0.2) is 0 Å². The second-order valence-electron chi connectivity index (χ2n) is 4.37. The van der Waals surface area contributed by atoms with E-state index in [0.717, 1.165) is 31.6 Å². The van der Waals surface area contributed by atoms with Crippen LogP contribution in [0.4, 0.5) is 0 Å². The monoisotopic (exact) mass is 242 g/mol. The summed E-state index contributed by atoms with van der Waals surface area (Å²) in [6.07, 6.45) is 6.60. The highest BCUT2D eigenvalue weighted by atomic mass is 15.0. The minimum Gasteiger partial charge on any atom is -0.332 e. The van der Waals surface area contributed by atoms with Crippen molar-refractivity contribution in [1.82, 2.24) is 14.9 Å². The molecule has 0 aliphatic carbocycles. The topological polar surface area (TPSA) is 53.6 Å². The first-order valence-corrected chi connectivity index (χ1v) is 6.31. The Morgan fingerprint density at radius 1 is 1.44 bits per heavy atom. The lowest BCUT2D eigenvalue weighted by atomic mass is 10.2. The Labute approximate surface area is 107 Å². The van der Waals surface area contributed by atoms with E-state index in [4.69, 9.17) is 5.26 Å². The third-order valence-electron chi connectivity index (χ3n) is 3.02. The van der Waals surface area contributed by atoms with Gasteiger partial charge in [0.05, 0.1) is 6.07 Å². The molecule has 0 radical (unpaired) electrons. The van der Waals surface area contributed by atoms with E-state index in [2.05, 4.69) is 33.2 Å². The van der Waals surface area contributed by atoms with Gasteiger partial charge in [0, 0.05) is 37.3 Å². The molecule has 2 heterocycles. The lowest BCUT2D eigenvalue weighted by Crippen LogP contribution is -2.04. The van der Waals surface area contributed by atoms with Crippen molar-refractivity contribution >= 4 is 11.0 Å². The fourth-order valence-corrected chi connectivity index (χ4v) is 2.18. The Morgan fingerprint density at radius 3 is 3.11 bits per heavy atom. The maximum absolute atomic E-state index is 8.53. The summed E-state index contributed by atoms with van der Waals surface area (Å²) < 4.78 is 2.19. The standard InChI is InChI=1S/C14H18N4/c1-16-10-12-11-18(9-4-2-3-7-15)14-13(12)6-5-8-17-14/h5-6,8,11,16H,2-4,9-10H2,1H3. The van der Waals surface area contributed by atoms with Crippen molar-refractivity contribution in [2.24, 2.45) is 0 Å². The summed E-state index contributed by atoms with van der Waals surface area (Å²) in [4.78, 5) is 4.45. The summed E-state index contributed by atoms with van der Waals surface area (Å²) in [5.74, 6) is 0. The van der Waals surface area contributed by atoms with E-state index < -0.39 is 0 Å². The maximum atomic E-state index is 8.53. The first kappa shape index (κ1) is 12.6. The van der Waals surface area contributed by atoms with Gasteiger partial charge in [0.2, 0.25) is 0 Å². The number of pyridine rings is 1. The third kappa shape index (κ3) is 2.69. The van der Waals surface area contributed by atoms with E-state index in [1.807, 2.05) is 19.3 Å². The second-order valence-corrected chi connectivity index (χ2v) is 4.37. The van der Waals surface area contributed by atoms with Crippen LogP contribution in [0.1, 0.15) is 24.8 Å². The average molecular weight is 242 g/mol. The number of nitrogens with zero attached hydrogens (tertiary/aromatic N) is 3. The number of hydrogen-bond donors (Lipinski definition) is 1. The van der Waals surface area contributed by atoms with Crippen LogP contribution in [-0.2, 0) is 13.1 Å². The Morgan fingerprint density at radius 2 is 2.33 bits per heavy atom. The summed E-state index contributed by atoms with van der Waals surface area (Å²) in [5.41, 5.74) is 2.32. The van der Waals surface area contributed by atoms with Gasteiger partial charge in [0.1, 0.15) is 5.65 Å². The van der Waals surface area contributed by atoms with Crippen LogP contribution >= 0.6 is 0 Å². The molecule has 0 spiro atoms. The molecular formula is C14H18N4. The Bertz CT molecular complexity index is 550. The molecular weight excluding hydrogens is 224 g/mol. The predicted octanol–water partition coefficient (Wildman–Crippen LogP) is 2.45. The molecule has 0 saturated carbocycles. The van der Waals surface area contributed by atoms with Crippen LogP contribution in [0.15, 0.2) is 24.5 Å². The van der Waals surface area contributed by atoms with Crippen LogP contribution in [-0.4, -0.2) is 16.6 Å². The van der Waals surface area contributed by atoms with Gasteiger partial charge in [-0.1, -0.05) is 0 Å². The minimum atomic E-state index is 0.635. The van der Waals surface area contributed by atoms with Crippen LogP contribution < -0.4 is 5.32 Å². The van der Waals surface area contributed by atoms with Gasteiger partial charge >= 0.3 is 0 Å². The molecule has 0 bridgehead atoms. The predicted molar refractivity (Wildman–Crippen MR) is 72.0 cm³/mol. The number of aromatic nitrogens is 2. The Hall–Kier alpha value is -1.86. The number of aryl methyl sites for hydroxylation is 1. The largest absolute Gasteiger partial charge is 0.332 e. The molecule has 0 unspecified atom stereocenters. The van der Waals surface area contributed by atoms with Crippen LogP contribution in [0.25, 0.3) is 11.0 Å². The molecule has 4 heteroatoms. The second kappa shape index (κ2) is 6.18. The van der Waals surface area contributed by atoms with E-state index in [1.54, 1.807) is 0 Å². The summed E-state index contributed by atoms with van der Waals surface area (Å²) in [5, 5.41) is 12.9. The molecule has 4 nitrogen and oxygen atoms in total. The van der Waals surface area contributed by atoms with E-state index in [1.165, 1.54) is 10.9 Å². The molecule has 1 N–H and O–H groups in total. The zero-order valence-corrected chi connectivity index (χ0v) is 10.7. The zero-order valence-electron chi connectivity index (χ0n) is 10.7. The molecule has 0 aromatic carbocycles. The Balaban J connectivity index is 2.19. The molecule has 0 aliphatic rings. The van der Waals surface area contributed by atoms with Gasteiger partial charge in [-0.3, -0.25) is 0 Å². The lowest BCUT2D eigenvalue weighted by molar-refractivity contribution is 0.626. The fraction of sp³-hybridized carbons (Fsp3) is 0.429. The molecule has 0 amide bonds. The van der Waals surface area contributed by atoms with Gasteiger partial charge in [-0.05, 0) is 37.6 Å². The van der Waals surface area contributed by atoms with Crippen molar-refractivity contribution in [2.75, 3.05) is 7.05 Å². The SMILES string of the molecule is CNCc1cn(CCCCC#N)c2ncccc12. The minimum absolute atomic E-state index is 0.635. The molecule has 2 rings (SSSR count). The van der Waals surface area contributed by atoms with Crippen LogP contribution in [0, 0.1) is 11.3 Å². The van der Waals surface area contributed by atoms with Crippen LogP contribution in [0.3, 0.4) is 0 Å². The van der Waals surface area contributed by atoms with E-state index in [9.17, 15) is 0 Å². The first-order chi connectivity index (χ1) is 8.86. The van der Waals surface area contributed by atoms with Crippen LogP contribution in [0.2, 0.25) is 0 Å². The van der Waals surface area contributed by atoms with Crippen molar-refractivity contribution < 1.29 is 0 Å². The number of unbranched alkanes of at least 4 members (excludes halogenated alkanes) is 2. The smallest absolute Gasteiger partial charge is 0.140 e. The summed E-state index contributed by atoms with van der Waals surface area (Å²) in [6, 6.07) is 6.27. The fourth-order valence-electron chi connectivity index (χ4n) is 2.18. The molecule has 2 aromatic rings. The summed E-state index contributed by atoms with van der Waals surface area (Å²) >= 11 is 0. The summed E-state index contributed by atoms with van der Waals surface area (Å²) in [6.45, 7) is 1.78. The van der Waals surface area contributed by atoms with Crippen molar-refractivity contribution in [1.29, 1.82) is 5.26 Å².